The molecule has 0 aliphatic carbocycles. The van der Waals surface area contributed by atoms with Crippen LogP contribution in [-0.2, 0) is 25.8 Å². The summed E-state index contributed by atoms with van der Waals surface area (Å²) in [6.45, 7) is 5.35. The molecule has 0 saturated carbocycles. The van der Waals surface area contributed by atoms with Gasteiger partial charge in [-0.3, -0.25) is 4.79 Å². The SMILES string of the molecule is CCS(=O)(=O)c1cccc(CC(=O)NC(C(=O)O)c2ccc(C)c(C)c2)c1. The second kappa shape index (κ2) is 8.35. The molecule has 2 aromatic carbocycles. The molecule has 0 fully saturated rings. The van der Waals surface area contributed by atoms with Crippen molar-refractivity contribution in [3.63, 3.8) is 0 Å². The minimum absolute atomic E-state index is 0.0312. The number of carbonyl (C=O) groups excluding carboxylic acids is 1. The van der Waals surface area contributed by atoms with Crippen molar-refractivity contribution in [2.24, 2.45) is 0 Å². The number of carboxylic acid groups (broad SMARTS) is 1. The number of carboxylic acids is 1. The van der Waals surface area contributed by atoms with Crippen molar-refractivity contribution in [2.45, 2.75) is 38.1 Å². The molecule has 0 spiro atoms. The zero-order valence-corrected chi connectivity index (χ0v) is 16.3. The van der Waals surface area contributed by atoms with Crippen molar-refractivity contribution < 1.29 is 23.1 Å². The van der Waals surface area contributed by atoms with Crippen molar-refractivity contribution in [3.05, 3.63) is 64.7 Å². The number of benzene rings is 2. The van der Waals surface area contributed by atoms with Gasteiger partial charge >= 0.3 is 5.97 Å². The third-order valence-electron chi connectivity index (χ3n) is 4.42. The number of carbonyl (C=O) groups is 2. The molecule has 2 rings (SSSR count). The summed E-state index contributed by atoms with van der Waals surface area (Å²) in [5.74, 6) is -1.68. The molecule has 0 aliphatic rings. The Balaban J connectivity index is 2.18. The normalized spacial score (nSPS) is 12.4. The average molecular weight is 389 g/mol. The predicted octanol–water partition coefficient (Wildman–Crippen LogP) is 2.58. The minimum atomic E-state index is -3.37. The molecule has 0 aliphatic heterocycles. The van der Waals surface area contributed by atoms with Gasteiger partial charge in [0.2, 0.25) is 5.91 Å². The van der Waals surface area contributed by atoms with E-state index in [4.69, 9.17) is 0 Å². The van der Waals surface area contributed by atoms with Crippen LogP contribution in [0.4, 0.5) is 0 Å². The topological polar surface area (TPSA) is 101 Å². The van der Waals surface area contributed by atoms with Gasteiger partial charge in [0.1, 0.15) is 0 Å². The van der Waals surface area contributed by atoms with Gasteiger partial charge in [-0.2, -0.15) is 0 Å². The van der Waals surface area contributed by atoms with Crippen molar-refractivity contribution in [1.29, 1.82) is 0 Å². The summed E-state index contributed by atoms with van der Waals surface area (Å²) < 4.78 is 23.9. The highest BCUT2D eigenvalue weighted by Crippen LogP contribution is 2.18. The Kier molecular flexibility index (Phi) is 6.38. The minimum Gasteiger partial charge on any atom is -0.479 e. The van der Waals surface area contributed by atoms with E-state index >= 15 is 0 Å². The summed E-state index contributed by atoms with van der Waals surface area (Å²) in [7, 11) is -3.37. The van der Waals surface area contributed by atoms with Gasteiger partial charge in [-0.05, 0) is 48.2 Å². The highest BCUT2D eigenvalue weighted by Gasteiger charge is 2.23. The van der Waals surface area contributed by atoms with E-state index in [-0.39, 0.29) is 17.1 Å². The maximum Gasteiger partial charge on any atom is 0.330 e. The molecule has 0 aromatic heterocycles. The number of hydrogen-bond donors (Lipinski definition) is 2. The standard InChI is InChI=1S/C20H23NO5S/c1-4-27(25,26)17-7-5-6-15(11-17)12-18(22)21-19(20(23)24)16-9-8-13(2)14(3)10-16/h5-11,19H,4,12H2,1-3H3,(H,21,22)(H,23,24). The van der Waals surface area contributed by atoms with Gasteiger partial charge < -0.3 is 10.4 Å². The lowest BCUT2D eigenvalue weighted by molar-refractivity contribution is -0.141. The number of nitrogens with one attached hydrogen (secondary N) is 1. The molecule has 0 heterocycles. The number of aliphatic carboxylic acids is 1. The molecule has 0 saturated heterocycles. The number of hydrogen-bond acceptors (Lipinski definition) is 4. The quantitative estimate of drug-likeness (QED) is 0.758. The Morgan fingerprint density at radius 2 is 1.78 bits per heavy atom. The van der Waals surface area contributed by atoms with E-state index in [0.717, 1.165) is 11.1 Å². The van der Waals surface area contributed by atoms with E-state index in [2.05, 4.69) is 5.32 Å². The Bertz CT molecular complexity index is 966. The van der Waals surface area contributed by atoms with E-state index in [0.29, 0.717) is 11.1 Å². The maximum absolute atomic E-state index is 12.4. The Hall–Kier alpha value is -2.67. The van der Waals surface area contributed by atoms with Crippen LogP contribution in [0.5, 0.6) is 0 Å². The van der Waals surface area contributed by atoms with Crippen LogP contribution >= 0.6 is 0 Å². The van der Waals surface area contributed by atoms with Crippen LogP contribution in [0.1, 0.15) is 35.2 Å². The van der Waals surface area contributed by atoms with E-state index in [9.17, 15) is 23.1 Å². The van der Waals surface area contributed by atoms with Crippen LogP contribution < -0.4 is 5.32 Å². The van der Waals surface area contributed by atoms with Crippen LogP contribution in [0.25, 0.3) is 0 Å². The molecule has 144 valence electrons. The van der Waals surface area contributed by atoms with Crippen LogP contribution in [-0.4, -0.2) is 31.2 Å². The summed E-state index contributed by atoms with van der Waals surface area (Å²) >= 11 is 0. The summed E-state index contributed by atoms with van der Waals surface area (Å²) in [6.07, 6.45) is -0.109. The lowest BCUT2D eigenvalue weighted by Crippen LogP contribution is -2.34. The van der Waals surface area contributed by atoms with Crippen molar-refractivity contribution in [2.75, 3.05) is 5.75 Å². The van der Waals surface area contributed by atoms with E-state index in [1.807, 2.05) is 19.9 Å². The Morgan fingerprint density at radius 1 is 1.07 bits per heavy atom. The zero-order valence-electron chi connectivity index (χ0n) is 15.5. The molecule has 27 heavy (non-hydrogen) atoms. The van der Waals surface area contributed by atoms with E-state index in [1.165, 1.54) is 12.1 Å². The van der Waals surface area contributed by atoms with Gasteiger partial charge in [-0.15, -0.1) is 0 Å². The molecule has 6 nitrogen and oxygen atoms in total. The third-order valence-corrected chi connectivity index (χ3v) is 6.15. The third kappa shape index (κ3) is 5.17. The molecule has 1 atom stereocenters. The van der Waals surface area contributed by atoms with Crippen LogP contribution in [0.3, 0.4) is 0 Å². The predicted molar refractivity (Wildman–Crippen MR) is 102 cm³/mol. The number of rotatable bonds is 7. The highest BCUT2D eigenvalue weighted by atomic mass is 32.2. The van der Waals surface area contributed by atoms with Crippen LogP contribution in [0.2, 0.25) is 0 Å². The maximum atomic E-state index is 12.4. The Morgan fingerprint density at radius 3 is 2.37 bits per heavy atom. The number of amides is 1. The zero-order chi connectivity index (χ0) is 20.2. The van der Waals surface area contributed by atoms with Crippen molar-refractivity contribution in [3.8, 4) is 0 Å². The molecule has 0 radical (unpaired) electrons. The van der Waals surface area contributed by atoms with Gasteiger partial charge in [0.05, 0.1) is 17.1 Å². The smallest absolute Gasteiger partial charge is 0.330 e. The molecule has 2 N–H and O–H groups in total. The number of aryl methyl sites for hydroxylation is 2. The van der Waals surface area contributed by atoms with Gasteiger partial charge in [0.25, 0.3) is 0 Å². The summed E-state index contributed by atoms with van der Waals surface area (Å²) in [5, 5.41) is 12.0. The second-order valence-corrected chi connectivity index (χ2v) is 8.69. The molecule has 1 unspecified atom stereocenters. The summed E-state index contributed by atoms with van der Waals surface area (Å²) in [4.78, 5) is 24.1. The molecule has 7 heteroatoms. The van der Waals surface area contributed by atoms with Gasteiger partial charge in [-0.25, -0.2) is 13.2 Å². The fourth-order valence-corrected chi connectivity index (χ4v) is 3.59. The first-order chi connectivity index (χ1) is 12.6. The van der Waals surface area contributed by atoms with E-state index < -0.39 is 27.8 Å². The fourth-order valence-electron chi connectivity index (χ4n) is 2.64. The lowest BCUT2D eigenvalue weighted by atomic mass is 10.0. The van der Waals surface area contributed by atoms with Crippen molar-refractivity contribution >= 4 is 21.7 Å². The number of sulfone groups is 1. The average Bonchev–Trinajstić information content (AvgIpc) is 2.62. The van der Waals surface area contributed by atoms with Gasteiger partial charge in [0.15, 0.2) is 15.9 Å². The van der Waals surface area contributed by atoms with Crippen LogP contribution in [0.15, 0.2) is 47.4 Å². The second-order valence-electron chi connectivity index (χ2n) is 6.41. The highest BCUT2D eigenvalue weighted by molar-refractivity contribution is 7.91. The lowest BCUT2D eigenvalue weighted by Gasteiger charge is -2.16. The first-order valence-electron chi connectivity index (χ1n) is 8.55. The first-order valence-corrected chi connectivity index (χ1v) is 10.2. The van der Waals surface area contributed by atoms with Gasteiger partial charge in [-0.1, -0.05) is 37.3 Å². The largest absolute Gasteiger partial charge is 0.479 e. The first kappa shape index (κ1) is 20.6. The summed E-state index contributed by atoms with van der Waals surface area (Å²) in [5.41, 5.74) is 2.96. The van der Waals surface area contributed by atoms with Gasteiger partial charge in [0, 0.05) is 0 Å². The molecule has 2 aromatic rings. The molecular weight excluding hydrogens is 366 g/mol. The van der Waals surface area contributed by atoms with E-state index in [1.54, 1.807) is 31.2 Å². The Labute approximate surface area is 159 Å². The monoisotopic (exact) mass is 389 g/mol. The summed E-state index contributed by atoms with van der Waals surface area (Å²) in [6, 6.07) is 10.2. The van der Waals surface area contributed by atoms with Crippen LogP contribution in [0, 0.1) is 13.8 Å². The van der Waals surface area contributed by atoms with Crippen molar-refractivity contribution in [1.82, 2.24) is 5.32 Å². The fraction of sp³-hybridized carbons (Fsp3) is 0.300. The molecule has 1 amide bonds. The molecule has 0 bridgehead atoms. The molecular formula is C20H23NO5S.